The number of carbonyl (C=O) groups is 1. The van der Waals surface area contributed by atoms with Crippen LogP contribution in [0.5, 0.6) is 0 Å². The van der Waals surface area contributed by atoms with Crippen molar-refractivity contribution in [2.75, 3.05) is 0 Å². The highest BCUT2D eigenvalue weighted by molar-refractivity contribution is 5.95. The van der Waals surface area contributed by atoms with E-state index >= 15 is 0 Å². The fourth-order valence-electron chi connectivity index (χ4n) is 2.67. The van der Waals surface area contributed by atoms with Crippen molar-refractivity contribution >= 4 is 5.78 Å². The minimum absolute atomic E-state index is 0.0897. The zero-order chi connectivity index (χ0) is 16.9. The van der Waals surface area contributed by atoms with Crippen molar-refractivity contribution in [3.63, 3.8) is 0 Å². The number of ketones is 1. The molecule has 1 aromatic heterocycles. The Kier molecular flexibility index (Phi) is 4.80. The van der Waals surface area contributed by atoms with Gasteiger partial charge >= 0.3 is 0 Å². The van der Waals surface area contributed by atoms with Gasteiger partial charge in [-0.15, -0.1) is 0 Å². The van der Waals surface area contributed by atoms with Crippen LogP contribution in [0.1, 0.15) is 35.7 Å². The van der Waals surface area contributed by atoms with Gasteiger partial charge in [0.05, 0.1) is 12.4 Å². The van der Waals surface area contributed by atoms with Gasteiger partial charge in [-0.3, -0.25) is 9.78 Å². The number of benzene rings is 2. The van der Waals surface area contributed by atoms with E-state index in [4.69, 9.17) is 0 Å². The molecule has 0 radical (unpaired) electrons. The first-order chi connectivity index (χ1) is 11.6. The normalized spacial score (nSPS) is 10.8. The van der Waals surface area contributed by atoms with E-state index in [2.05, 4.69) is 43.1 Å². The molecule has 0 unspecified atom stereocenters. The highest BCUT2D eigenvalue weighted by Crippen LogP contribution is 2.20. The summed E-state index contributed by atoms with van der Waals surface area (Å²) in [5, 5.41) is 0. The first-order valence-electron chi connectivity index (χ1n) is 8.17. The summed E-state index contributed by atoms with van der Waals surface area (Å²) in [7, 11) is 0. The minimum Gasteiger partial charge on any atom is -0.287 e. The summed E-state index contributed by atoms with van der Waals surface area (Å²) in [5.74, 6) is 0.589. The van der Waals surface area contributed by atoms with Gasteiger partial charge in [-0.05, 0) is 23.6 Å². The fraction of sp³-hybridized carbons (Fsp3) is 0.190. The SMILES string of the molecule is CC(C)c1ccc(-c2cncc[n+]2CC(=O)c2ccccc2)cc1. The Bertz CT molecular complexity index is 824. The molecule has 1 heterocycles. The summed E-state index contributed by atoms with van der Waals surface area (Å²) in [6, 6.07) is 17.8. The number of Topliss-reactive ketones (excluding diaryl/α,β-unsaturated/α-hetero) is 1. The van der Waals surface area contributed by atoms with Gasteiger partial charge in [-0.2, -0.15) is 4.57 Å². The number of aromatic nitrogens is 2. The highest BCUT2D eigenvalue weighted by Gasteiger charge is 2.18. The Hall–Kier alpha value is -2.81. The highest BCUT2D eigenvalue weighted by atomic mass is 16.1. The van der Waals surface area contributed by atoms with Crippen LogP contribution < -0.4 is 4.57 Å². The monoisotopic (exact) mass is 317 g/mol. The lowest BCUT2D eigenvalue weighted by Crippen LogP contribution is -2.40. The summed E-state index contributed by atoms with van der Waals surface area (Å²) in [6.45, 7) is 4.66. The van der Waals surface area contributed by atoms with Crippen molar-refractivity contribution in [1.82, 2.24) is 4.98 Å². The molecule has 0 aliphatic carbocycles. The molecule has 0 aliphatic rings. The van der Waals surface area contributed by atoms with Crippen LogP contribution in [0.4, 0.5) is 0 Å². The molecular formula is C21H21N2O+. The van der Waals surface area contributed by atoms with Crippen LogP contribution >= 0.6 is 0 Å². The predicted octanol–water partition coefficient (Wildman–Crippen LogP) is 4.04. The number of hydrogen-bond acceptors (Lipinski definition) is 2. The topological polar surface area (TPSA) is 33.8 Å². The Morgan fingerprint density at radius 1 is 1.04 bits per heavy atom. The predicted molar refractivity (Wildman–Crippen MR) is 94.7 cm³/mol. The van der Waals surface area contributed by atoms with E-state index in [0.717, 1.165) is 16.8 Å². The molecule has 0 saturated carbocycles. The van der Waals surface area contributed by atoms with E-state index in [-0.39, 0.29) is 5.78 Å². The molecule has 0 saturated heterocycles. The van der Waals surface area contributed by atoms with Crippen LogP contribution in [0.2, 0.25) is 0 Å². The van der Waals surface area contributed by atoms with E-state index in [0.29, 0.717) is 12.5 Å². The molecule has 3 nitrogen and oxygen atoms in total. The van der Waals surface area contributed by atoms with Crippen molar-refractivity contribution in [1.29, 1.82) is 0 Å². The second kappa shape index (κ2) is 7.18. The lowest BCUT2D eigenvalue weighted by atomic mass is 10.0. The first kappa shape index (κ1) is 16.1. The molecule has 3 heteroatoms. The lowest BCUT2D eigenvalue weighted by Gasteiger charge is -2.07. The van der Waals surface area contributed by atoms with Gasteiger partial charge in [0.15, 0.2) is 6.20 Å². The van der Waals surface area contributed by atoms with Crippen LogP contribution in [0, 0.1) is 0 Å². The lowest BCUT2D eigenvalue weighted by molar-refractivity contribution is -0.672. The first-order valence-corrected chi connectivity index (χ1v) is 8.17. The van der Waals surface area contributed by atoms with E-state index in [1.807, 2.05) is 47.3 Å². The van der Waals surface area contributed by atoms with Crippen molar-refractivity contribution < 1.29 is 9.36 Å². The molecular weight excluding hydrogens is 296 g/mol. The van der Waals surface area contributed by atoms with Gasteiger partial charge in [0.2, 0.25) is 18.0 Å². The van der Waals surface area contributed by atoms with Gasteiger partial charge in [-0.25, -0.2) is 0 Å². The molecule has 24 heavy (non-hydrogen) atoms. The Balaban J connectivity index is 1.89. The standard InChI is InChI=1S/C21H21N2O/c1-16(2)17-8-10-18(11-9-17)20-14-22-12-13-23(20)15-21(24)19-6-4-3-5-7-19/h3-14,16H,15H2,1-2H3/q+1. The molecule has 3 aromatic rings. The van der Waals surface area contributed by atoms with Gasteiger partial charge in [0, 0.05) is 11.1 Å². The number of nitrogens with zero attached hydrogens (tertiary/aromatic N) is 2. The third kappa shape index (κ3) is 3.57. The molecule has 0 spiro atoms. The maximum atomic E-state index is 12.5. The third-order valence-electron chi connectivity index (χ3n) is 4.12. The molecule has 0 N–H and O–H groups in total. The smallest absolute Gasteiger partial charge is 0.231 e. The molecule has 0 aliphatic heterocycles. The summed E-state index contributed by atoms with van der Waals surface area (Å²) < 4.78 is 1.95. The summed E-state index contributed by atoms with van der Waals surface area (Å²) in [5.41, 5.74) is 4.03. The second-order valence-electron chi connectivity index (χ2n) is 6.16. The van der Waals surface area contributed by atoms with E-state index in [1.165, 1.54) is 5.56 Å². The fourth-order valence-corrected chi connectivity index (χ4v) is 2.67. The van der Waals surface area contributed by atoms with Crippen molar-refractivity contribution in [2.24, 2.45) is 0 Å². The maximum absolute atomic E-state index is 12.5. The third-order valence-corrected chi connectivity index (χ3v) is 4.12. The average Bonchev–Trinajstić information content (AvgIpc) is 2.63. The number of carbonyl (C=O) groups excluding carboxylic acids is 1. The van der Waals surface area contributed by atoms with Crippen molar-refractivity contribution in [3.05, 3.63) is 84.3 Å². The van der Waals surface area contributed by atoms with E-state index in [9.17, 15) is 4.79 Å². The minimum atomic E-state index is 0.0897. The van der Waals surface area contributed by atoms with Crippen LogP contribution in [-0.4, -0.2) is 10.8 Å². The van der Waals surface area contributed by atoms with E-state index < -0.39 is 0 Å². The molecule has 0 bridgehead atoms. The van der Waals surface area contributed by atoms with Crippen LogP contribution in [0.15, 0.2) is 73.2 Å². The molecule has 0 atom stereocenters. The zero-order valence-corrected chi connectivity index (χ0v) is 14.0. The molecule has 0 amide bonds. The average molecular weight is 317 g/mol. The van der Waals surface area contributed by atoms with Gasteiger partial charge in [0.25, 0.3) is 0 Å². The van der Waals surface area contributed by atoms with E-state index in [1.54, 1.807) is 6.20 Å². The summed E-state index contributed by atoms with van der Waals surface area (Å²) in [6.07, 6.45) is 5.37. The summed E-state index contributed by atoms with van der Waals surface area (Å²) in [4.78, 5) is 16.7. The maximum Gasteiger partial charge on any atom is 0.231 e. The molecule has 0 fully saturated rings. The Morgan fingerprint density at radius 3 is 2.42 bits per heavy atom. The Labute approximate surface area is 142 Å². The largest absolute Gasteiger partial charge is 0.287 e. The number of rotatable bonds is 5. The molecule has 2 aromatic carbocycles. The van der Waals surface area contributed by atoms with Crippen LogP contribution in [-0.2, 0) is 6.54 Å². The van der Waals surface area contributed by atoms with Gasteiger partial charge < -0.3 is 0 Å². The summed E-state index contributed by atoms with van der Waals surface area (Å²) >= 11 is 0. The quantitative estimate of drug-likeness (QED) is 0.525. The molecule has 3 rings (SSSR count). The van der Waals surface area contributed by atoms with Crippen molar-refractivity contribution in [2.45, 2.75) is 26.3 Å². The number of hydrogen-bond donors (Lipinski definition) is 0. The molecule has 120 valence electrons. The van der Waals surface area contributed by atoms with Crippen LogP contribution in [0.25, 0.3) is 11.3 Å². The Morgan fingerprint density at radius 2 is 1.75 bits per heavy atom. The second-order valence-corrected chi connectivity index (χ2v) is 6.16. The van der Waals surface area contributed by atoms with Gasteiger partial charge in [-0.1, -0.05) is 56.3 Å². The van der Waals surface area contributed by atoms with Gasteiger partial charge in [0.1, 0.15) is 0 Å². The zero-order valence-electron chi connectivity index (χ0n) is 14.0. The van der Waals surface area contributed by atoms with Crippen LogP contribution in [0.3, 0.4) is 0 Å². The van der Waals surface area contributed by atoms with Crippen molar-refractivity contribution in [3.8, 4) is 11.3 Å².